The molecule has 4 rings (SSSR count). The molecule has 1 aromatic carbocycles. The lowest BCUT2D eigenvalue weighted by Gasteiger charge is -2.01. The molecule has 9 heteroatoms. The molecular weight excluding hydrogens is 348 g/mol. The van der Waals surface area contributed by atoms with Crippen molar-refractivity contribution < 1.29 is 4.74 Å². The van der Waals surface area contributed by atoms with Crippen molar-refractivity contribution in [2.24, 2.45) is 7.05 Å². The highest BCUT2D eigenvalue weighted by Crippen LogP contribution is 2.30. The molecule has 0 atom stereocenters. The largest absolute Gasteiger partial charge is 0.497 e. The Morgan fingerprint density at radius 2 is 2.00 bits per heavy atom. The van der Waals surface area contributed by atoms with Crippen LogP contribution in [0.2, 0.25) is 5.02 Å². The van der Waals surface area contributed by atoms with Gasteiger partial charge in [-0.05, 0) is 17.7 Å². The summed E-state index contributed by atoms with van der Waals surface area (Å²) in [5.74, 6) is 1.60. The minimum Gasteiger partial charge on any atom is -0.497 e. The summed E-state index contributed by atoms with van der Waals surface area (Å²) in [7, 11) is 3.49. The standard InChI is InChI=1S/C15H13ClN6OS/c1-21-13(11(16)8-17-21)14-20-22-12(18-19-15(22)24-14)7-9-3-5-10(23-2)6-4-9/h3-6,8H,7H2,1-2H3. The topological polar surface area (TPSA) is 70.1 Å². The molecular formula is C15H13ClN6OS. The number of ether oxygens (including phenoxy) is 1. The minimum absolute atomic E-state index is 0.569. The van der Waals surface area contributed by atoms with Gasteiger partial charge in [0.25, 0.3) is 0 Å². The Morgan fingerprint density at radius 1 is 1.21 bits per heavy atom. The van der Waals surface area contributed by atoms with Gasteiger partial charge in [0.05, 0.1) is 18.3 Å². The molecule has 0 saturated carbocycles. The van der Waals surface area contributed by atoms with Gasteiger partial charge in [0, 0.05) is 13.5 Å². The number of halogens is 1. The van der Waals surface area contributed by atoms with Crippen molar-refractivity contribution in [2.45, 2.75) is 6.42 Å². The summed E-state index contributed by atoms with van der Waals surface area (Å²) in [6, 6.07) is 7.86. The van der Waals surface area contributed by atoms with Crippen molar-refractivity contribution in [2.75, 3.05) is 7.11 Å². The SMILES string of the molecule is COc1ccc(Cc2nnc3sc(-c4c(Cl)cnn4C)nn23)cc1. The average molecular weight is 361 g/mol. The van der Waals surface area contributed by atoms with Crippen LogP contribution in [0, 0.1) is 0 Å². The van der Waals surface area contributed by atoms with E-state index in [1.165, 1.54) is 11.3 Å². The van der Waals surface area contributed by atoms with Crippen molar-refractivity contribution in [1.82, 2.24) is 29.6 Å². The van der Waals surface area contributed by atoms with Gasteiger partial charge in [0.1, 0.15) is 11.4 Å². The van der Waals surface area contributed by atoms with Gasteiger partial charge >= 0.3 is 0 Å². The average Bonchev–Trinajstić information content (AvgIpc) is 3.24. The second-order valence-electron chi connectivity index (χ2n) is 5.21. The molecule has 0 aliphatic rings. The zero-order valence-electron chi connectivity index (χ0n) is 13.0. The minimum atomic E-state index is 0.569. The number of benzene rings is 1. The number of rotatable bonds is 4. The Kier molecular flexibility index (Phi) is 3.70. The van der Waals surface area contributed by atoms with Crippen LogP contribution in [-0.4, -0.2) is 36.7 Å². The molecule has 24 heavy (non-hydrogen) atoms. The number of aryl methyl sites for hydroxylation is 1. The first kappa shape index (κ1) is 15.1. The van der Waals surface area contributed by atoms with Gasteiger partial charge in [-0.2, -0.15) is 14.7 Å². The lowest BCUT2D eigenvalue weighted by Crippen LogP contribution is -1.99. The van der Waals surface area contributed by atoms with Crippen LogP contribution in [0.3, 0.4) is 0 Å². The predicted octanol–water partition coefficient (Wildman–Crippen LogP) is 2.84. The third-order valence-electron chi connectivity index (χ3n) is 3.67. The van der Waals surface area contributed by atoms with E-state index in [2.05, 4.69) is 20.4 Å². The molecule has 0 bridgehead atoms. The quantitative estimate of drug-likeness (QED) is 0.559. The van der Waals surface area contributed by atoms with E-state index in [1.807, 2.05) is 31.3 Å². The second kappa shape index (κ2) is 5.88. The van der Waals surface area contributed by atoms with E-state index in [0.29, 0.717) is 11.4 Å². The molecule has 0 spiro atoms. The van der Waals surface area contributed by atoms with Crippen LogP contribution in [0.25, 0.3) is 15.7 Å². The van der Waals surface area contributed by atoms with Crippen molar-refractivity contribution in [3.8, 4) is 16.5 Å². The Hall–Kier alpha value is -2.45. The van der Waals surface area contributed by atoms with E-state index >= 15 is 0 Å². The van der Waals surface area contributed by atoms with Gasteiger partial charge in [0.15, 0.2) is 10.8 Å². The first-order chi connectivity index (χ1) is 11.7. The van der Waals surface area contributed by atoms with E-state index in [4.69, 9.17) is 16.3 Å². The van der Waals surface area contributed by atoms with Gasteiger partial charge in [-0.3, -0.25) is 4.68 Å². The summed E-state index contributed by atoms with van der Waals surface area (Å²) in [6.45, 7) is 0. The van der Waals surface area contributed by atoms with Gasteiger partial charge in [0.2, 0.25) is 4.96 Å². The smallest absolute Gasteiger partial charge is 0.235 e. The fourth-order valence-corrected chi connectivity index (χ4v) is 3.70. The van der Waals surface area contributed by atoms with Crippen LogP contribution in [0.15, 0.2) is 30.5 Å². The van der Waals surface area contributed by atoms with Crippen LogP contribution in [-0.2, 0) is 13.5 Å². The lowest BCUT2D eigenvalue weighted by atomic mass is 10.1. The molecule has 0 amide bonds. The van der Waals surface area contributed by atoms with Gasteiger partial charge in [-0.25, -0.2) is 0 Å². The van der Waals surface area contributed by atoms with E-state index in [-0.39, 0.29) is 0 Å². The summed E-state index contributed by atoms with van der Waals surface area (Å²) in [4.78, 5) is 0.728. The molecule has 122 valence electrons. The van der Waals surface area contributed by atoms with Crippen molar-refractivity contribution >= 4 is 27.9 Å². The van der Waals surface area contributed by atoms with Gasteiger partial charge < -0.3 is 4.74 Å². The lowest BCUT2D eigenvalue weighted by molar-refractivity contribution is 0.414. The molecule has 0 unspecified atom stereocenters. The molecule has 0 fully saturated rings. The molecule has 0 aliphatic carbocycles. The van der Waals surface area contributed by atoms with Crippen molar-refractivity contribution in [3.63, 3.8) is 0 Å². The number of aromatic nitrogens is 6. The Balaban J connectivity index is 1.69. The van der Waals surface area contributed by atoms with Crippen LogP contribution in [0.4, 0.5) is 0 Å². The maximum absolute atomic E-state index is 6.20. The van der Waals surface area contributed by atoms with E-state index < -0.39 is 0 Å². The predicted molar refractivity (Wildman–Crippen MR) is 91.7 cm³/mol. The molecule has 7 nitrogen and oxygen atoms in total. The number of methoxy groups -OCH3 is 1. The third-order valence-corrected chi connectivity index (χ3v) is 4.86. The fourth-order valence-electron chi connectivity index (χ4n) is 2.44. The molecule has 3 heterocycles. The maximum Gasteiger partial charge on any atom is 0.235 e. The second-order valence-corrected chi connectivity index (χ2v) is 6.57. The molecule has 3 aromatic heterocycles. The Labute approximate surface area is 146 Å². The fraction of sp³-hybridized carbons (Fsp3) is 0.200. The van der Waals surface area contributed by atoms with Crippen LogP contribution in [0.5, 0.6) is 5.75 Å². The number of hydrogen-bond acceptors (Lipinski definition) is 6. The Bertz CT molecular complexity index is 984. The third kappa shape index (κ3) is 2.53. The molecule has 0 saturated heterocycles. The van der Waals surface area contributed by atoms with Crippen LogP contribution < -0.4 is 4.74 Å². The van der Waals surface area contributed by atoms with E-state index in [0.717, 1.165) is 32.8 Å². The van der Waals surface area contributed by atoms with E-state index in [1.54, 1.807) is 22.5 Å². The van der Waals surface area contributed by atoms with Crippen molar-refractivity contribution in [3.05, 3.63) is 46.9 Å². The summed E-state index contributed by atoms with van der Waals surface area (Å²) in [5.41, 5.74) is 1.89. The monoisotopic (exact) mass is 360 g/mol. The Morgan fingerprint density at radius 3 is 2.67 bits per heavy atom. The van der Waals surface area contributed by atoms with Crippen LogP contribution in [0.1, 0.15) is 11.4 Å². The zero-order chi connectivity index (χ0) is 16.7. The number of hydrogen-bond donors (Lipinski definition) is 0. The first-order valence-corrected chi connectivity index (χ1v) is 8.37. The van der Waals surface area contributed by atoms with Gasteiger partial charge in [-0.15, -0.1) is 10.2 Å². The summed E-state index contributed by atoms with van der Waals surface area (Å²) < 4.78 is 8.64. The normalized spacial score (nSPS) is 11.3. The number of nitrogens with zero attached hydrogens (tertiary/aromatic N) is 6. The summed E-state index contributed by atoms with van der Waals surface area (Å²) >= 11 is 7.63. The first-order valence-electron chi connectivity index (χ1n) is 7.17. The summed E-state index contributed by atoms with van der Waals surface area (Å²) in [5, 5.41) is 18.5. The molecule has 0 radical (unpaired) electrons. The van der Waals surface area contributed by atoms with Gasteiger partial charge in [-0.1, -0.05) is 35.1 Å². The van der Waals surface area contributed by atoms with Crippen LogP contribution >= 0.6 is 22.9 Å². The summed E-state index contributed by atoms with van der Waals surface area (Å²) in [6.07, 6.45) is 2.24. The molecule has 0 aliphatic heterocycles. The maximum atomic E-state index is 6.20. The zero-order valence-corrected chi connectivity index (χ0v) is 14.5. The highest BCUT2D eigenvalue weighted by atomic mass is 35.5. The molecule has 0 N–H and O–H groups in total. The highest BCUT2D eigenvalue weighted by Gasteiger charge is 2.18. The highest BCUT2D eigenvalue weighted by molar-refractivity contribution is 7.19. The van der Waals surface area contributed by atoms with E-state index in [9.17, 15) is 0 Å². The molecule has 4 aromatic rings. The van der Waals surface area contributed by atoms with Crippen molar-refractivity contribution in [1.29, 1.82) is 0 Å². The number of fused-ring (bicyclic) bond motifs is 1.